The van der Waals surface area contributed by atoms with E-state index in [2.05, 4.69) is 50.4 Å². The van der Waals surface area contributed by atoms with Crippen LogP contribution in [-0.2, 0) is 16.6 Å². The summed E-state index contributed by atoms with van der Waals surface area (Å²) < 4.78 is 0. The van der Waals surface area contributed by atoms with Gasteiger partial charge in [-0.3, -0.25) is 4.79 Å². The lowest BCUT2D eigenvalue weighted by Crippen LogP contribution is -2.14. The molecule has 3 nitrogen and oxygen atoms in total. The number of aryl methyl sites for hydroxylation is 1. The first kappa shape index (κ1) is 21.6. The fraction of sp³-hybridized carbons (Fsp3) is 0.296. The molecule has 0 radical (unpaired) electrons. The second kappa shape index (κ2) is 8.74. The summed E-state index contributed by atoms with van der Waals surface area (Å²) in [7, 11) is 0. The van der Waals surface area contributed by atoms with Gasteiger partial charge in [-0.2, -0.15) is 0 Å². The predicted molar refractivity (Wildman–Crippen MR) is 125 cm³/mol. The minimum Gasteiger partial charge on any atom is -0.506 e. The van der Waals surface area contributed by atoms with Gasteiger partial charge in [-0.25, -0.2) is 0 Å². The first-order valence-corrected chi connectivity index (χ1v) is 10.4. The largest absolute Gasteiger partial charge is 0.506 e. The lowest BCUT2D eigenvalue weighted by molar-refractivity contribution is -0.116. The lowest BCUT2D eigenvalue weighted by atomic mass is 9.86. The minimum atomic E-state index is -0.0971. The molecule has 0 spiro atoms. The second-order valence-electron chi connectivity index (χ2n) is 8.93. The maximum atomic E-state index is 12.6. The number of benzene rings is 3. The van der Waals surface area contributed by atoms with E-state index in [0.717, 1.165) is 27.8 Å². The Morgan fingerprint density at radius 3 is 2.17 bits per heavy atom. The highest BCUT2D eigenvalue weighted by molar-refractivity contribution is 5.94. The van der Waals surface area contributed by atoms with Crippen molar-refractivity contribution >= 4 is 11.6 Å². The molecular formula is C27H31NO2. The van der Waals surface area contributed by atoms with E-state index in [1.165, 1.54) is 5.56 Å². The van der Waals surface area contributed by atoms with Crippen molar-refractivity contribution in [2.45, 2.75) is 52.9 Å². The quantitative estimate of drug-likeness (QED) is 0.477. The highest BCUT2D eigenvalue weighted by Crippen LogP contribution is 2.37. The predicted octanol–water partition coefficient (Wildman–Crippen LogP) is 6.54. The van der Waals surface area contributed by atoms with Crippen molar-refractivity contribution in [2.24, 2.45) is 0 Å². The number of aromatic hydroxyl groups is 1. The zero-order chi connectivity index (χ0) is 21.9. The average Bonchev–Trinajstić information content (AvgIpc) is 2.72. The van der Waals surface area contributed by atoms with Crippen LogP contribution >= 0.6 is 0 Å². The Bertz CT molecular complexity index is 1030. The summed E-state index contributed by atoms with van der Waals surface area (Å²) >= 11 is 0. The van der Waals surface area contributed by atoms with Crippen molar-refractivity contribution in [1.29, 1.82) is 0 Å². The van der Waals surface area contributed by atoms with Gasteiger partial charge in [-0.05, 0) is 65.1 Å². The van der Waals surface area contributed by atoms with Gasteiger partial charge in [0.05, 0.1) is 5.69 Å². The molecule has 1 amide bonds. The maximum absolute atomic E-state index is 12.6. The van der Waals surface area contributed by atoms with Gasteiger partial charge in [0.1, 0.15) is 5.75 Å². The fourth-order valence-corrected chi connectivity index (χ4v) is 3.61. The van der Waals surface area contributed by atoms with Gasteiger partial charge in [-0.1, -0.05) is 75.4 Å². The first-order chi connectivity index (χ1) is 14.2. The topological polar surface area (TPSA) is 49.3 Å². The summed E-state index contributed by atoms with van der Waals surface area (Å²) in [5.74, 6) is -0.00000721. The molecule has 3 aromatic carbocycles. The first-order valence-electron chi connectivity index (χ1n) is 10.4. The molecular weight excluding hydrogens is 370 g/mol. The Kier molecular flexibility index (Phi) is 6.31. The number of nitrogens with one attached hydrogen (secondary N) is 1. The van der Waals surface area contributed by atoms with E-state index in [4.69, 9.17) is 0 Å². The zero-order valence-electron chi connectivity index (χ0n) is 18.5. The van der Waals surface area contributed by atoms with E-state index < -0.39 is 0 Å². The monoisotopic (exact) mass is 401 g/mol. The van der Waals surface area contributed by atoms with Crippen molar-refractivity contribution in [3.05, 3.63) is 82.9 Å². The summed E-state index contributed by atoms with van der Waals surface area (Å²) in [5, 5.41) is 13.5. The molecule has 0 aliphatic carbocycles. The van der Waals surface area contributed by atoms with Crippen LogP contribution in [0.4, 0.5) is 5.69 Å². The normalized spacial score (nSPS) is 11.4. The van der Waals surface area contributed by atoms with Crippen LogP contribution in [-0.4, -0.2) is 11.0 Å². The third kappa shape index (κ3) is 4.91. The van der Waals surface area contributed by atoms with Gasteiger partial charge in [0, 0.05) is 6.42 Å². The molecule has 0 heterocycles. The third-order valence-corrected chi connectivity index (χ3v) is 5.69. The molecule has 0 saturated heterocycles. The van der Waals surface area contributed by atoms with Gasteiger partial charge in [0.15, 0.2) is 0 Å². The van der Waals surface area contributed by atoms with Crippen molar-refractivity contribution < 1.29 is 9.90 Å². The van der Waals surface area contributed by atoms with E-state index in [1.54, 1.807) is 6.07 Å². The fourth-order valence-electron chi connectivity index (χ4n) is 3.61. The summed E-state index contributed by atoms with van der Waals surface area (Å²) in [4.78, 5) is 12.6. The lowest BCUT2D eigenvalue weighted by Gasteiger charge is -2.19. The Hall–Kier alpha value is -3.07. The van der Waals surface area contributed by atoms with Gasteiger partial charge in [0.2, 0.25) is 5.91 Å². The van der Waals surface area contributed by atoms with E-state index in [9.17, 15) is 9.90 Å². The molecule has 30 heavy (non-hydrogen) atoms. The van der Waals surface area contributed by atoms with E-state index in [0.29, 0.717) is 18.5 Å². The highest BCUT2D eigenvalue weighted by atomic mass is 16.3. The van der Waals surface area contributed by atoms with Gasteiger partial charge < -0.3 is 10.4 Å². The van der Waals surface area contributed by atoms with Crippen LogP contribution in [0.1, 0.15) is 49.4 Å². The van der Waals surface area contributed by atoms with Crippen molar-refractivity contribution in [3.63, 3.8) is 0 Å². The molecule has 0 bridgehead atoms. The molecule has 0 saturated carbocycles. The molecule has 3 heteroatoms. The van der Waals surface area contributed by atoms with Crippen molar-refractivity contribution in [1.82, 2.24) is 0 Å². The van der Waals surface area contributed by atoms with E-state index in [-0.39, 0.29) is 17.1 Å². The zero-order valence-corrected chi connectivity index (χ0v) is 18.5. The molecule has 0 atom stereocenters. The van der Waals surface area contributed by atoms with Gasteiger partial charge in [-0.15, -0.1) is 0 Å². The van der Waals surface area contributed by atoms with Crippen LogP contribution < -0.4 is 5.32 Å². The number of hydrogen-bond donors (Lipinski definition) is 2. The Morgan fingerprint density at radius 2 is 1.57 bits per heavy atom. The number of carbonyl (C=O) groups excluding carboxylic acids is 1. The summed E-state index contributed by atoms with van der Waals surface area (Å²) in [6.45, 7) is 10.5. The van der Waals surface area contributed by atoms with Crippen LogP contribution in [0.25, 0.3) is 11.1 Å². The molecule has 3 aromatic rings. The van der Waals surface area contributed by atoms with Crippen LogP contribution in [0.3, 0.4) is 0 Å². The summed E-state index contributed by atoms with van der Waals surface area (Å²) in [5.41, 5.74) is 6.99. The number of phenolic OH excluding ortho intramolecular Hbond substituents is 1. The summed E-state index contributed by atoms with van der Waals surface area (Å²) in [6, 6.07) is 20.1. The van der Waals surface area contributed by atoms with Crippen LogP contribution in [0, 0.1) is 13.8 Å². The number of phenols is 1. The number of carbonyl (C=O) groups is 1. The Labute approximate surface area is 179 Å². The molecule has 156 valence electrons. The van der Waals surface area contributed by atoms with E-state index >= 15 is 0 Å². The molecule has 0 aromatic heterocycles. The van der Waals surface area contributed by atoms with Crippen LogP contribution in [0.5, 0.6) is 5.75 Å². The minimum absolute atomic E-state index is 0.0971. The maximum Gasteiger partial charge on any atom is 0.224 e. The Balaban J connectivity index is 1.70. The molecule has 2 N–H and O–H groups in total. The van der Waals surface area contributed by atoms with Crippen LogP contribution in [0.15, 0.2) is 60.7 Å². The molecule has 3 rings (SSSR count). The number of hydrogen-bond acceptors (Lipinski definition) is 2. The molecule has 0 aliphatic rings. The van der Waals surface area contributed by atoms with Gasteiger partial charge in [0.25, 0.3) is 0 Å². The summed E-state index contributed by atoms with van der Waals surface area (Å²) in [6.07, 6.45) is 1.03. The Morgan fingerprint density at radius 1 is 0.933 bits per heavy atom. The number of rotatable bonds is 5. The SMILES string of the molecule is Cc1c(-c2ccccc2)cc(O)c(NC(=O)CCc2ccc(C(C)(C)C)cc2)c1C. The molecule has 0 aliphatic heterocycles. The number of amides is 1. The van der Waals surface area contributed by atoms with Crippen molar-refractivity contribution in [2.75, 3.05) is 5.32 Å². The van der Waals surface area contributed by atoms with E-state index in [1.807, 2.05) is 44.2 Å². The smallest absolute Gasteiger partial charge is 0.224 e. The third-order valence-electron chi connectivity index (χ3n) is 5.69. The van der Waals surface area contributed by atoms with Gasteiger partial charge >= 0.3 is 0 Å². The molecule has 0 fully saturated rings. The van der Waals surface area contributed by atoms with Crippen molar-refractivity contribution in [3.8, 4) is 16.9 Å². The average molecular weight is 402 g/mol. The standard InChI is InChI=1S/C27H31NO2/c1-18-19(2)26(24(29)17-23(18)21-9-7-6-8-10-21)28-25(30)16-13-20-11-14-22(15-12-20)27(3,4)5/h6-12,14-15,17,29H,13,16H2,1-5H3,(H,28,30). The number of anilines is 1. The highest BCUT2D eigenvalue weighted by Gasteiger charge is 2.16. The van der Waals surface area contributed by atoms with Crippen LogP contribution in [0.2, 0.25) is 0 Å². The second-order valence-corrected chi connectivity index (χ2v) is 8.93. The molecule has 0 unspecified atom stereocenters.